The molecule has 0 spiro atoms. The summed E-state index contributed by atoms with van der Waals surface area (Å²) in [5.41, 5.74) is 0. The van der Waals surface area contributed by atoms with Crippen LogP contribution >= 0.6 is 27.0 Å². The van der Waals surface area contributed by atoms with Crippen molar-refractivity contribution < 1.29 is 1.43 Å². The predicted molar refractivity (Wildman–Crippen MR) is 56.4 cm³/mol. The third-order valence-corrected chi connectivity index (χ3v) is 0. The minimum Gasteiger partial charge on any atom is -0.344 e. The fourth-order valence-electron chi connectivity index (χ4n) is 0. The normalized spacial score (nSPS) is 0. The van der Waals surface area contributed by atoms with Crippen molar-refractivity contribution in [3.63, 3.8) is 0 Å². The van der Waals surface area contributed by atoms with Gasteiger partial charge < -0.3 is 24.6 Å². The predicted octanol–water partition coefficient (Wildman–Crippen LogP) is 2.39. The summed E-state index contributed by atoms with van der Waals surface area (Å²) in [6.07, 6.45) is 0. The van der Waals surface area contributed by atoms with Crippen molar-refractivity contribution in [1.82, 2.24) is 24.6 Å². The molecule has 0 aromatic heterocycles. The van der Waals surface area contributed by atoms with E-state index in [-0.39, 0.29) is 67.9 Å². The third-order valence-electron chi connectivity index (χ3n) is 0. The van der Waals surface area contributed by atoms with Crippen LogP contribution < -0.4 is 24.6 Å². The molecule has 0 atom stereocenters. The first-order chi connectivity index (χ1) is 0. The van der Waals surface area contributed by atoms with Gasteiger partial charge in [-0.2, -0.15) is 27.0 Å². The fraction of sp³-hybridized carbons (Fsp3) is 1.00. The Morgan fingerprint density at radius 1 is 0.500 bits per heavy atom. The maximum absolute atomic E-state index is 0. The second-order valence-electron chi connectivity index (χ2n) is 0. The van der Waals surface area contributed by atoms with E-state index in [2.05, 4.69) is 0 Å². The van der Waals surface area contributed by atoms with E-state index in [1.54, 1.807) is 0 Å². The van der Waals surface area contributed by atoms with Crippen LogP contribution in [0.1, 0.15) is 16.3 Å². The van der Waals surface area contributed by atoms with Gasteiger partial charge in [0.05, 0.1) is 0 Å². The molecule has 0 aromatic carbocycles. The first kappa shape index (κ1) is 1660. The van der Waals surface area contributed by atoms with Crippen LogP contribution in [0.3, 0.4) is 0 Å². The first-order valence-corrected chi connectivity index (χ1v) is 0. The molecule has 0 rings (SSSR count). The Balaban J connectivity index is 0. The van der Waals surface area contributed by atoms with E-state index < -0.39 is 0 Å². The van der Waals surface area contributed by atoms with E-state index in [4.69, 9.17) is 0 Å². The van der Waals surface area contributed by atoms with Crippen molar-refractivity contribution in [2.24, 2.45) is 0 Å². The van der Waals surface area contributed by atoms with Gasteiger partial charge in [0.15, 0.2) is 0 Å². The number of hydrogen-bond donors (Lipinski definition) is 4. The van der Waals surface area contributed by atoms with Gasteiger partial charge in [-0.1, -0.05) is 14.9 Å². The Kier molecular flexibility index (Phi) is 230000. The van der Waals surface area contributed by atoms with Crippen molar-refractivity contribution in [2.75, 3.05) is 0 Å². The molecule has 8 heavy (non-hydrogen) atoms. The average molecular weight is 171 g/mol. The molecule has 0 radical (unpaired) electrons. The second-order valence-corrected chi connectivity index (χ2v) is 0. The van der Waals surface area contributed by atoms with Crippen molar-refractivity contribution in [1.29, 1.82) is 0 Å². The molecule has 0 aliphatic carbocycles. The summed E-state index contributed by atoms with van der Waals surface area (Å²) < 4.78 is 0. The highest BCUT2D eigenvalue weighted by molar-refractivity contribution is 7.59. The molecule has 0 heterocycles. The molecule has 6 heteroatoms. The average Bonchev–Trinajstić information content (AvgIpc) is 0. The van der Waals surface area contributed by atoms with E-state index in [9.17, 15) is 0 Å². The molecule has 12 N–H and O–H groups in total. The van der Waals surface area contributed by atoms with Crippen LogP contribution in [0.4, 0.5) is 0 Å². The Morgan fingerprint density at radius 3 is 0.500 bits per heavy atom. The monoisotopic (exact) mass is 171 g/mol. The first-order valence-electron chi connectivity index (χ1n) is 0. The van der Waals surface area contributed by atoms with Crippen LogP contribution in [-0.4, -0.2) is 0 Å². The summed E-state index contributed by atoms with van der Waals surface area (Å²) in [6, 6.07) is 0. The molecule has 0 saturated heterocycles. The van der Waals surface area contributed by atoms with E-state index in [1.165, 1.54) is 0 Å². The van der Waals surface area contributed by atoms with Crippen LogP contribution in [-0.2, 0) is 0 Å². The van der Waals surface area contributed by atoms with E-state index in [0.29, 0.717) is 0 Å². The highest BCUT2D eigenvalue weighted by atomic mass is 32.1. The summed E-state index contributed by atoms with van der Waals surface area (Å²) >= 11 is 0. The molecule has 0 aromatic rings. The van der Waals surface area contributed by atoms with Crippen LogP contribution in [0.2, 0.25) is 0 Å². The highest BCUT2D eigenvalue weighted by Crippen LogP contribution is 0.649. The van der Waals surface area contributed by atoms with Gasteiger partial charge in [-0.15, -0.1) is 0 Å². The highest BCUT2D eigenvalue weighted by Gasteiger charge is -0.0765. The number of rotatable bonds is 0. The van der Waals surface area contributed by atoms with Gasteiger partial charge in [-0.3, -0.25) is 0 Å². The smallest absolute Gasteiger partial charge is 0 e. The van der Waals surface area contributed by atoms with Gasteiger partial charge in [0.25, 0.3) is 0 Å². The van der Waals surface area contributed by atoms with Gasteiger partial charge in [0.2, 0.25) is 0 Å². The minimum absolute atomic E-state index is 0. The van der Waals surface area contributed by atoms with Crippen molar-refractivity contribution >= 4 is 27.0 Å². The lowest BCUT2D eigenvalue weighted by molar-refractivity contribution is 2.13. The molecule has 0 bridgehead atoms. The summed E-state index contributed by atoms with van der Waals surface area (Å²) in [4.78, 5) is 0. The Morgan fingerprint density at radius 2 is 0.500 bits per heavy atom. The second kappa shape index (κ2) is 1110. The number of hydrogen-bond acceptors (Lipinski definition) is 4. The van der Waals surface area contributed by atoms with Crippen LogP contribution in [0.25, 0.3) is 0 Å². The lowest BCUT2D eigenvalue weighted by atomic mass is 12.0. The lowest BCUT2D eigenvalue weighted by Gasteiger charge is -0.345. The Labute approximate surface area is 68.5 Å². The summed E-state index contributed by atoms with van der Waals surface area (Å²) in [5.74, 6) is 0. The van der Waals surface area contributed by atoms with E-state index >= 15 is 0 Å². The Bertz CT molecular complexity index is 16.5. The SMILES string of the molecule is C.C.N.N.N.N.S.S.[2HH]. The van der Waals surface area contributed by atoms with Crippen molar-refractivity contribution in [2.45, 2.75) is 14.9 Å². The minimum atomic E-state index is 0. The van der Waals surface area contributed by atoms with Gasteiger partial charge in [-0.05, 0) is 0 Å². The van der Waals surface area contributed by atoms with E-state index in [0.717, 1.165) is 0 Å². The molecule has 0 saturated carbocycles. The maximum atomic E-state index is 0. The maximum Gasteiger partial charge on any atom is 0 e. The zero-order valence-corrected chi connectivity index (χ0v) is 5.83. The van der Waals surface area contributed by atoms with Crippen LogP contribution in [0, 0.1) is 0 Å². The molecule has 0 fully saturated rings. The topological polar surface area (TPSA) is 140 Å². The van der Waals surface area contributed by atoms with Crippen molar-refractivity contribution in [3.05, 3.63) is 0 Å². The molecule has 0 aliphatic heterocycles. The molecule has 0 amide bonds. The lowest BCUT2D eigenvalue weighted by Crippen LogP contribution is -0.482. The molecular formula is C2H26N4S2. The fourth-order valence-corrected chi connectivity index (χ4v) is 0. The molecular weight excluding hydrogens is 144 g/mol. The molecule has 4 nitrogen and oxygen atoms in total. The standard InChI is InChI=1S/2CH4.4H3N.2H2S.H2/h2*1H4;4*1H3;2*1H2;1H/i;;;;;;;;1+1. The summed E-state index contributed by atoms with van der Waals surface area (Å²) in [5, 5.41) is 0. The zero-order chi connectivity index (χ0) is 0. The van der Waals surface area contributed by atoms with Gasteiger partial charge in [0.1, 0.15) is 0 Å². The largest absolute Gasteiger partial charge is 0.344 e. The molecule has 0 aliphatic rings. The Hall–Kier alpha value is 0.540. The zero-order valence-electron chi connectivity index (χ0n) is 3.83. The van der Waals surface area contributed by atoms with Crippen molar-refractivity contribution in [3.8, 4) is 0 Å². The molecule has 66 valence electrons. The third kappa shape index (κ3) is 688. The van der Waals surface area contributed by atoms with Crippen LogP contribution in [0.15, 0.2) is 0 Å². The van der Waals surface area contributed by atoms with E-state index in [1.807, 2.05) is 0 Å². The van der Waals surface area contributed by atoms with Gasteiger partial charge >= 0.3 is 0 Å². The summed E-state index contributed by atoms with van der Waals surface area (Å²) in [6.45, 7) is 0. The van der Waals surface area contributed by atoms with Gasteiger partial charge in [-0.25, -0.2) is 0 Å². The summed E-state index contributed by atoms with van der Waals surface area (Å²) in [7, 11) is 0. The van der Waals surface area contributed by atoms with Crippen LogP contribution in [0.5, 0.6) is 0 Å². The quantitative estimate of drug-likeness (QED) is 0.444. The molecule has 0 unspecified atom stereocenters. The van der Waals surface area contributed by atoms with Gasteiger partial charge in [0, 0.05) is 1.43 Å².